The molecule has 14 heavy (non-hydrogen) atoms. The van der Waals surface area contributed by atoms with Crippen LogP contribution in [-0.2, 0) is 12.5 Å². The van der Waals surface area contributed by atoms with Crippen LogP contribution >= 0.6 is 27.5 Å². The maximum absolute atomic E-state index is 12.5. The summed E-state index contributed by atoms with van der Waals surface area (Å²) in [6.45, 7) is -0.484. The second-order valence-electron chi connectivity index (χ2n) is 2.56. The Kier molecular flexibility index (Phi) is 4.22. The summed E-state index contributed by atoms with van der Waals surface area (Å²) in [5.41, 5.74) is 0.155. The molecule has 0 aromatic carbocycles. The van der Waals surface area contributed by atoms with Gasteiger partial charge in [0.2, 0.25) is 0 Å². The van der Waals surface area contributed by atoms with Gasteiger partial charge in [0, 0.05) is 11.4 Å². The highest BCUT2D eigenvalue weighted by atomic mass is 79.9. The van der Waals surface area contributed by atoms with Gasteiger partial charge in [-0.3, -0.25) is 0 Å². The van der Waals surface area contributed by atoms with Gasteiger partial charge in [0.1, 0.15) is 10.3 Å². The Labute approximate surface area is 93.0 Å². The Morgan fingerprint density at radius 2 is 2.21 bits per heavy atom. The zero-order valence-electron chi connectivity index (χ0n) is 6.98. The summed E-state index contributed by atoms with van der Waals surface area (Å²) in [4.78, 5) is 3.60. The lowest BCUT2D eigenvalue weighted by Gasteiger charge is -2.10. The van der Waals surface area contributed by atoms with Crippen molar-refractivity contribution in [2.75, 3.05) is 0 Å². The summed E-state index contributed by atoms with van der Waals surface area (Å²) in [5.74, 6) is 0.0662. The number of rotatable bonds is 3. The molecule has 0 aliphatic carbocycles. The van der Waals surface area contributed by atoms with Crippen LogP contribution in [0.2, 0.25) is 0 Å². The van der Waals surface area contributed by atoms with Gasteiger partial charge in [0.05, 0.1) is 6.61 Å². The summed E-state index contributed by atoms with van der Waals surface area (Å²) in [6.07, 6.45) is -2.71. The SMILES string of the molecule is OCc1c(CCl)cc(Br)nc1C(F)F. The lowest BCUT2D eigenvalue weighted by atomic mass is 10.1. The topological polar surface area (TPSA) is 33.1 Å². The molecular weight excluding hydrogens is 279 g/mol. The van der Waals surface area contributed by atoms with Gasteiger partial charge in [-0.25, -0.2) is 13.8 Å². The molecule has 0 saturated heterocycles. The van der Waals surface area contributed by atoms with Gasteiger partial charge in [0.15, 0.2) is 0 Å². The van der Waals surface area contributed by atoms with Crippen molar-refractivity contribution in [2.24, 2.45) is 0 Å². The smallest absolute Gasteiger partial charge is 0.280 e. The van der Waals surface area contributed by atoms with Crippen LogP contribution in [-0.4, -0.2) is 10.1 Å². The van der Waals surface area contributed by atoms with Crippen LogP contribution in [0.3, 0.4) is 0 Å². The first-order chi connectivity index (χ1) is 6.60. The van der Waals surface area contributed by atoms with Crippen molar-refractivity contribution in [1.82, 2.24) is 4.98 Å². The average Bonchev–Trinajstić information content (AvgIpc) is 2.16. The van der Waals surface area contributed by atoms with Crippen LogP contribution in [0.15, 0.2) is 10.7 Å². The van der Waals surface area contributed by atoms with E-state index in [1.54, 1.807) is 0 Å². The van der Waals surface area contributed by atoms with Gasteiger partial charge >= 0.3 is 0 Å². The summed E-state index contributed by atoms with van der Waals surface area (Å²) < 4.78 is 25.2. The maximum Gasteiger partial charge on any atom is 0.280 e. The van der Waals surface area contributed by atoms with E-state index < -0.39 is 18.7 Å². The standard InChI is InChI=1S/C8H7BrClF2NO/c9-6-1-4(2-10)5(3-14)7(13-6)8(11)12/h1,8,14H,2-3H2. The molecule has 2 nitrogen and oxygen atoms in total. The Morgan fingerprint density at radius 3 is 2.64 bits per heavy atom. The van der Waals surface area contributed by atoms with Crippen LogP contribution in [0.25, 0.3) is 0 Å². The van der Waals surface area contributed by atoms with Gasteiger partial charge in [-0.15, -0.1) is 11.6 Å². The number of halogens is 4. The lowest BCUT2D eigenvalue weighted by Crippen LogP contribution is -2.03. The molecule has 0 aliphatic rings. The highest BCUT2D eigenvalue weighted by Gasteiger charge is 2.18. The quantitative estimate of drug-likeness (QED) is 0.684. The lowest BCUT2D eigenvalue weighted by molar-refractivity contribution is 0.141. The molecule has 78 valence electrons. The van der Waals surface area contributed by atoms with E-state index in [2.05, 4.69) is 20.9 Å². The average molecular weight is 287 g/mol. The Hall–Kier alpha value is -0.260. The van der Waals surface area contributed by atoms with E-state index in [1.807, 2.05) is 0 Å². The number of aliphatic hydroxyl groups is 1. The fraction of sp³-hybridized carbons (Fsp3) is 0.375. The monoisotopic (exact) mass is 285 g/mol. The normalized spacial score (nSPS) is 11.0. The second kappa shape index (κ2) is 5.00. The van der Waals surface area contributed by atoms with E-state index in [4.69, 9.17) is 16.7 Å². The molecule has 0 spiro atoms. The third kappa shape index (κ3) is 2.40. The fourth-order valence-corrected chi connectivity index (χ4v) is 1.80. The molecule has 1 rings (SSSR count). The summed E-state index contributed by atoms with van der Waals surface area (Å²) in [7, 11) is 0. The minimum Gasteiger partial charge on any atom is -0.392 e. The number of aliphatic hydroxyl groups excluding tert-OH is 1. The molecule has 1 heterocycles. The number of nitrogens with zero attached hydrogens (tertiary/aromatic N) is 1. The van der Waals surface area contributed by atoms with E-state index in [0.717, 1.165) is 0 Å². The maximum atomic E-state index is 12.5. The predicted octanol–water partition coefficient (Wildman–Crippen LogP) is 3.01. The van der Waals surface area contributed by atoms with Gasteiger partial charge in [-0.2, -0.15) is 0 Å². The molecule has 1 aromatic rings. The highest BCUT2D eigenvalue weighted by molar-refractivity contribution is 9.10. The van der Waals surface area contributed by atoms with Crippen LogP contribution in [0.4, 0.5) is 8.78 Å². The predicted molar refractivity (Wildman–Crippen MR) is 52.4 cm³/mol. The van der Waals surface area contributed by atoms with Crippen LogP contribution < -0.4 is 0 Å². The molecule has 0 aliphatic heterocycles. The van der Waals surface area contributed by atoms with Crippen molar-refractivity contribution >= 4 is 27.5 Å². The fourth-order valence-electron chi connectivity index (χ4n) is 1.09. The first kappa shape index (κ1) is 11.8. The van der Waals surface area contributed by atoms with Crippen molar-refractivity contribution in [3.05, 3.63) is 27.5 Å². The largest absolute Gasteiger partial charge is 0.392 e. The minimum atomic E-state index is -2.71. The van der Waals surface area contributed by atoms with Gasteiger partial charge in [0.25, 0.3) is 6.43 Å². The first-order valence-electron chi connectivity index (χ1n) is 3.73. The number of aromatic nitrogens is 1. The summed E-state index contributed by atoms with van der Waals surface area (Å²) >= 11 is 8.56. The van der Waals surface area contributed by atoms with E-state index in [1.165, 1.54) is 6.07 Å². The highest BCUT2D eigenvalue weighted by Crippen LogP contribution is 2.27. The number of hydrogen-bond acceptors (Lipinski definition) is 2. The molecule has 0 saturated carbocycles. The van der Waals surface area contributed by atoms with E-state index in [9.17, 15) is 8.78 Å². The summed E-state index contributed by atoms with van der Waals surface area (Å²) in [6, 6.07) is 1.52. The van der Waals surface area contributed by atoms with Crippen LogP contribution in [0, 0.1) is 0 Å². The van der Waals surface area contributed by atoms with Gasteiger partial charge in [-0.1, -0.05) is 0 Å². The molecule has 0 bridgehead atoms. The third-order valence-corrected chi connectivity index (χ3v) is 2.42. The first-order valence-corrected chi connectivity index (χ1v) is 5.06. The zero-order valence-corrected chi connectivity index (χ0v) is 9.32. The van der Waals surface area contributed by atoms with E-state index in [-0.39, 0.29) is 11.4 Å². The molecule has 0 atom stereocenters. The number of hydrogen-bond donors (Lipinski definition) is 1. The molecule has 0 fully saturated rings. The third-order valence-electron chi connectivity index (χ3n) is 1.73. The molecule has 1 N–H and O–H groups in total. The van der Waals surface area contributed by atoms with Crippen LogP contribution in [0.5, 0.6) is 0 Å². The molecule has 0 radical (unpaired) electrons. The van der Waals surface area contributed by atoms with Crippen LogP contribution in [0.1, 0.15) is 23.2 Å². The second-order valence-corrected chi connectivity index (χ2v) is 3.64. The zero-order chi connectivity index (χ0) is 10.7. The Balaban J connectivity index is 3.31. The molecule has 6 heteroatoms. The van der Waals surface area contributed by atoms with Gasteiger partial charge < -0.3 is 5.11 Å². The van der Waals surface area contributed by atoms with Gasteiger partial charge in [-0.05, 0) is 27.6 Å². The molecule has 1 aromatic heterocycles. The summed E-state index contributed by atoms with van der Waals surface area (Å²) in [5, 5.41) is 8.92. The van der Waals surface area contributed by atoms with Crippen molar-refractivity contribution in [3.63, 3.8) is 0 Å². The molecular formula is C8H7BrClF2NO. The number of alkyl halides is 3. The van der Waals surface area contributed by atoms with Crippen molar-refractivity contribution in [1.29, 1.82) is 0 Å². The number of pyridine rings is 1. The van der Waals surface area contributed by atoms with Crippen molar-refractivity contribution < 1.29 is 13.9 Å². The van der Waals surface area contributed by atoms with E-state index >= 15 is 0 Å². The van der Waals surface area contributed by atoms with Crippen molar-refractivity contribution in [2.45, 2.75) is 18.9 Å². The van der Waals surface area contributed by atoms with Crippen molar-refractivity contribution in [3.8, 4) is 0 Å². The molecule has 0 unspecified atom stereocenters. The minimum absolute atomic E-state index is 0.0662. The van der Waals surface area contributed by atoms with E-state index in [0.29, 0.717) is 10.2 Å². The molecule has 0 amide bonds. The Bertz CT molecular complexity index is 335. The Morgan fingerprint density at radius 1 is 1.57 bits per heavy atom.